The average molecular weight is 212 g/mol. The zero-order chi connectivity index (χ0) is 11.3. The van der Waals surface area contributed by atoms with Crippen LogP contribution in [-0.4, -0.2) is 50.6 Å². The molecular formula is C9H16N4O2. The molecule has 1 unspecified atom stereocenters. The summed E-state index contributed by atoms with van der Waals surface area (Å²) >= 11 is 0. The van der Waals surface area contributed by atoms with Crippen LogP contribution in [0.15, 0.2) is 12.4 Å². The van der Waals surface area contributed by atoms with Gasteiger partial charge in [-0.05, 0) is 6.92 Å². The van der Waals surface area contributed by atoms with E-state index in [1.807, 2.05) is 0 Å². The van der Waals surface area contributed by atoms with Crippen LogP contribution in [-0.2, 0) is 11.3 Å². The quantitative estimate of drug-likeness (QED) is 0.714. The van der Waals surface area contributed by atoms with E-state index in [-0.39, 0.29) is 18.6 Å². The molecule has 84 valence electrons. The molecule has 1 atom stereocenters. The predicted octanol–water partition coefficient (Wildman–Crippen LogP) is -0.493. The first kappa shape index (κ1) is 11.6. The number of hydrogen-bond acceptors (Lipinski definition) is 4. The molecule has 15 heavy (non-hydrogen) atoms. The van der Waals surface area contributed by atoms with Gasteiger partial charge in [-0.3, -0.25) is 9.48 Å². The highest BCUT2D eigenvalue weighted by Gasteiger charge is 2.14. The third-order valence-electron chi connectivity index (χ3n) is 2.35. The van der Waals surface area contributed by atoms with Gasteiger partial charge in [-0.15, -0.1) is 5.10 Å². The second kappa shape index (κ2) is 5.45. The average Bonchev–Trinajstić information content (AvgIpc) is 2.76. The summed E-state index contributed by atoms with van der Waals surface area (Å²) < 4.78 is 1.61. The molecular weight excluding hydrogens is 196 g/mol. The molecule has 1 rings (SSSR count). The molecule has 0 spiro atoms. The number of amides is 1. The third-order valence-corrected chi connectivity index (χ3v) is 2.35. The third kappa shape index (κ3) is 3.32. The summed E-state index contributed by atoms with van der Waals surface area (Å²) in [5, 5.41) is 16.3. The van der Waals surface area contributed by atoms with Gasteiger partial charge in [0.1, 0.15) is 0 Å². The SMILES string of the molecule is CC(CO)N(C)C(=O)CCn1ccnn1. The molecule has 1 heterocycles. The summed E-state index contributed by atoms with van der Waals surface area (Å²) in [6, 6.07) is -0.145. The summed E-state index contributed by atoms with van der Waals surface area (Å²) in [5.74, 6) is -0.00736. The lowest BCUT2D eigenvalue weighted by atomic mass is 10.3. The highest BCUT2D eigenvalue weighted by atomic mass is 16.3. The van der Waals surface area contributed by atoms with Crippen molar-refractivity contribution in [2.24, 2.45) is 0 Å². The number of nitrogens with zero attached hydrogens (tertiary/aromatic N) is 4. The first-order chi connectivity index (χ1) is 7.15. The van der Waals surface area contributed by atoms with Gasteiger partial charge in [0.05, 0.1) is 25.4 Å². The second-order valence-electron chi connectivity index (χ2n) is 3.45. The van der Waals surface area contributed by atoms with Gasteiger partial charge >= 0.3 is 0 Å². The molecule has 0 aliphatic heterocycles. The van der Waals surface area contributed by atoms with E-state index in [4.69, 9.17) is 5.11 Å². The van der Waals surface area contributed by atoms with E-state index >= 15 is 0 Å². The van der Waals surface area contributed by atoms with Crippen LogP contribution in [0.5, 0.6) is 0 Å². The molecule has 6 nitrogen and oxygen atoms in total. The van der Waals surface area contributed by atoms with Gasteiger partial charge in [-0.25, -0.2) is 0 Å². The number of carbonyl (C=O) groups excluding carboxylic acids is 1. The number of hydrogen-bond donors (Lipinski definition) is 1. The van der Waals surface area contributed by atoms with Gasteiger partial charge < -0.3 is 10.0 Å². The molecule has 0 saturated carbocycles. The van der Waals surface area contributed by atoms with Crippen LogP contribution in [0, 0.1) is 0 Å². The standard InChI is InChI=1S/C9H16N4O2/c1-8(7-14)12(2)9(15)3-5-13-6-4-10-11-13/h4,6,8,14H,3,5,7H2,1-2H3. The van der Waals surface area contributed by atoms with Crippen LogP contribution in [0.3, 0.4) is 0 Å². The normalized spacial score (nSPS) is 12.5. The second-order valence-corrected chi connectivity index (χ2v) is 3.45. The van der Waals surface area contributed by atoms with Crippen LogP contribution < -0.4 is 0 Å². The fraction of sp³-hybridized carbons (Fsp3) is 0.667. The number of aliphatic hydroxyl groups is 1. The minimum absolute atomic E-state index is 0.00736. The Labute approximate surface area is 88.5 Å². The van der Waals surface area contributed by atoms with Gasteiger partial charge in [-0.2, -0.15) is 0 Å². The lowest BCUT2D eigenvalue weighted by molar-refractivity contribution is -0.132. The molecule has 6 heteroatoms. The highest BCUT2D eigenvalue weighted by Crippen LogP contribution is 1.99. The largest absolute Gasteiger partial charge is 0.394 e. The van der Waals surface area contributed by atoms with E-state index in [0.29, 0.717) is 13.0 Å². The Morgan fingerprint density at radius 1 is 1.67 bits per heavy atom. The van der Waals surface area contributed by atoms with Gasteiger partial charge in [0.25, 0.3) is 0 Å². The van der Waals surface area contributed by atoms with E-state index in [9.17, 15) is 4.79 Å². The maximum Gasteiger partial charge on any atom is 0.224 e. The molecule has 1 aromatic heterocycles. The van der Waals surface area contributed by atoms with Gasteiger partial charge in [0.15, 0.2) is 0 Å². The summed E-state index contributed by atoms with van der Waals surface area (Å²) in [4.78, 5) is 13.1. The summed E-state index contributed by atoms with van der Waals surface area (Å²) in [5.41, 5.74) is 0. The lowest BCUT2D eigenvalue weighted by Crippen LogP contribution is -2.37. The van der Waals surface area contributed by atoms with Crippen molar-refractivity contribution in [2.45, 2.75) is 25.9 Å². The molecule has 1 aromatic rings. The smallest absolute Gasteiger partial charge is 0.224 e. The topological polar surface area (TPSA) is 71.2 Å². The fourth-order valence-electron chi connectivity index (χ4n) is 1.11. The van der Waals surface area contributed by atoms with Crippen molar-refractivity contribution in [1.29, 1.82) is 0 Å². The lowest BCUT2D eigenvalue weighted by Gasteiger charge is -2.22. The number of likely N-dealkylation sites (N-methyl/N-ethyl adjacent to an activating group) is 1. The van der Waals surface area contributed by atoms with Crippen molar-refractivity contribution in [3.8, 4) is 0 Å². The molecule has 1 N–H and O–H groups in total. The zero-order valence-corrected chi connectivity index (χ0v) is 9.00. The Balaban J connectivity index is 2.36. The Bertz CT molecular complexity index is 299. The maximum atomic E-state index is 11.6. The van der Waals surface area contributed by atoms with Crippen LogP contribution in [0.25, 0.3) is 0 Å². The first-order valence-electron chi connectivity index (χ1n) is 4.85. The fourth-order valence-corrected chi connectivity index (χ4v) is 1.11. The van der Waals surface area contributed by atoms with Gasteiger partial charge in [0, 0.05) is 19.7 Å². The Kier molecular flexibility index (Phi) is 4.23. The van der Waals surface area contributed by atoms with Gasteiger partial charge in [0.2, 0.25) is 5.91 Å². The number of carbonyl (C=O) groups is 1. The van der Waals surface area contributed by atoms with Crippen LogP contribution in [0.4, 0.5) is 0 Å². The van der Waals surface area contributed by atoms with Crippen molar-refractivity contribution in [2.75, 3.05) is 13.7 Å². The molecule has 0 aliphatic rings. The number of aliphatic hydroxyl groups excluding tert-OH is 1. The minimum Gasteiger partial charge on any atom is -0.394 e. The molecule has 0 saturated heterocycles. The van der Waals surface area contributed by atoms with Crippen LogP contribution >= 0.6 is 0 Å². The van der Waals surface area contributed by atoms with Crippen molar-refractivity contribution >= 4 is 5.91 Å². The molecule has 0 fully saturated rings. The minimum atomic E-state index is -0.145. The Hall–Kier alpha value is -1.43. The van der Waals surface area contributed by atoms with E-state index in [0.717, 1.165) is 0 Å². The van der Waals surface area contributed by atoms with Gasteiger partial charge in [-0.1, -0.05) is 5.21 Å². The molecule has 0 bridgehead atoms. The number of rotatable bonds is 5. The van der Waals surface area contributed by atoms with Crippen LogP contribution in [0.2, 0.25) is 0 Å². The molecule has 0 radical (unpaired) electrons. The monoisotopic (exact) mass is 212 g/mol. The predicted molar refractivity (Wildman–Crippen MR) is 54.0 cm³/mol. The van der Waals surface area contributed by atoms with E-state index in [1.54, 1.807) is 31.0 Å². The highest BCUT2D eigenvalue weighted by molar-refractivity contribution is 5.76. The van der Waals surface area contributed by atoms with Crippen LogP contribution in [0.1, 0.15) is 13.3 Å². The summed E-state index contributed by atoms with van der Waals surface area (Å²) in [7, 11) is 1.69. The number of aryl methyl sites for hydroxylation is 1. The van der Waals surface area contributed by atoms with Crippen molar-refractivity contribution in [3.63, 3.8) is 0 Å². The first-order valence-corrected chi connectivity index (χ1v) is 4.85. The summed E-state index contributed by atoms with van der Waals surface area (Å²) in [6.45, 7) is 2.29. The van der Waals surface area contributed by atoms with Crippen molar-refractivity contribution in [1.82, 2.24) is 19.9 Å². The summed E-state index contributed by atoms with van der Waals surface area (Å²) in [6.07, 6.45) is 3.65. The zero-order valence-electron chi connectivity index (χ0n) is 9.00. The molecule has 0 aliphatic carbocycles. The molecule has 0 aromatic carbocycles. The van der Waals surface area contributed by atoms with E-state index < -0.39 is 0 Å². The molecule has 1 amide bonds. The van der Waals surface area contributed by atoms with E-state index in [1.165, 1.54) is 4.90 Å². The maximum absolute atomic E-state index is 11.6. The van der Waals surface area contributed by atoms with E-state index in [2.05, 4.69) is 10.3 Å². The van der Waals surface area contributed by atoms with Crippen molar-refractivity contribution < 1.29 is 9.90 Å². The Morgan fingerprint density at radius 2 is 2.40 bits per heavy atom. The Morgan fingerprint density at radius 3 is 2.93 bits per heavy atom. The van der Waals surface area contributed by atoms with Crippen molar-refractivity contribution in [3.05, 3.63) is 12.4 Å². The number of aromatic nitrogens is 3.